The molecule has 4 heteroatoms. The van der Waals surface area contributed by atoms with Crippen molar-refractivity contribution in [3.8, 4) is 5.75 Å². The van der Waals surface area contributed by atoms with Crippen LogP contribution in [0.5, 0.6) is 5.75 Å². The van der Waals surface area contributed by atoms with Gasteiger partial charge in [-0.3, -0.25) is 4.68 Å². The fourth-order valence-corrected chi connectivity index (χ4v) is 1.89. The van der Waals surface area contributed by atoms with Crippen LogP contribution in [-0.2, 0) is 6.42 Å². The van der Waals surface area contributed by atoms with E-state index in [1.807, 2.05) is 29.1 Å². The molecule has 4 nitrogen and oxygen atoms in total. The summed E-state index contributed by atoms with van der Waals surface area (Å²) in [5.74, 6) is 0.835. The maximum absolute atomic E-state index is 5.74. The zero-order valence-corrected chi connectivity index (χ0v) is 11.5. The van der Waals surface area contributed by atoms with E-state index in [9.17, 15) is 0 Å². The molecule has 1 aromatic carbocycles. The first-order valence-corrected chi connectivity index (χ1v) is 6.66. The second-order valence-electron chi connectivity index (χ2n) is 4.95. The minimum absolute atomic E-state index is 0.365. The lowest BCUT2D eigenvalue weighted by atomic mass is 10.1. The predicted molar refractivity (Wildman–Crippen MR) is 77.3 cm³/mol. The van der Waals surface area contributed by atoms with Crippen LogP contribution in [0.2, 0.25) is 0 Å². The molecule has 19 heavy (non-hydrogen) atoms. The molecular formula is C15H21N3O. The van der Waals surface area contributed by atoms with Crippen molar-refractivity contribution in [2.45, 2.75) is 32.7 Å². The van der Waals surface area contributed by atoms with Crippen molar-refractivity contribution in [3.05, 3.63) is 42.2 Å². The Labute approximate surface area is 114 Å². The molecule has 2 rings (SSSR count). The number of nitrogens with two attached hydrogens (primary N) is 1. The Kier molecular flexibility index (Phi) is 4.44. The third kappa shape index (κ3) is 4.02. The fraction of sp³-hybridized carbons (Fsp3) is 0.400. The normalized spacial score (nSPS) is 10.9. The number of hydrogen-bond donors (Lipinski definition) is 1. The summed E-state index contributed by atoms with van der Waals surface area (Å²) < 4.78 is 7.57. The quantitative estimate of drug-likeness (QED) is 0.640. The Morgan fingerprint density at radius 1 is 1.37 bits per heavy atom. The summed E-state index contributed by atoms with van der Waals surface area (Å²) in [5, 5.41) is 4.24. The number of benzene rings is 1. The molecule has 1 aromatic heterocycles. The lowest BCUT2D eigenvalue weighted by Gasteiger charge is -2.05. The van der Waals surface area contributed by atoms with Crippen LogP contribution < -0.4 is 10.5 Å². The molecule has 2 N–H and O–H groups in total. The highest BCUT2D eigenvalue weighted by Gasteiger charge is 2.02. The van der Waals surface area contributed by atoms with Crippen molar-refractivity contribution in [2.75, 3.05) is 12.3 Å². The van der Waals surface area contributed by atoms with Crippen LogP contribution in [0, 0.1) is 0 Å². The molecular weight excluding hydrogens is 238 g/mol. The minimum Gasteiger partial charge on any atom is -0.490 e. The first-order valence-electron chi connectivity index (χ1n) is 6.66. The van der Waals surface area contributed by atoms with Crippen molar-refractivity contribution < 1.29 is 4.74 Å². The molecule has 0 atom stereocenters. The lowest BCUT2D eigenvalue weighted by Crippen LogP contribution is -2.01. The van der Waals surface area contributed by atoms with Crippen molar-refractivity contribution >= 4 is 5.69 Å². The van der Waals surface area contributed by atoms with Gasteiger partial charge in [-0.05, 0) is 44.4 Å². The number of nitrogens with zero attached hydrogens (tertiary/aromatic N) is 2. The summed E-state index contributed by atoms with van der Waals surface area (Å²) in [5.41, 5.74) is 7.81. The maximum Gasteiger partial charge on any atom is 0.157 e. The van der Waals surface area contributed by atoms with Gasteiger partial charge >= 0.3 is 0 Å². The summed E-state index contributed by atoms with van der Waals surface area (Å²) >= 11 is 0. The molecule has 102 valence electrons. The Hall–Kier alpha value is -1.97. The summed E-state index contributed by atoms with van der Waals surface area (Å²) in [6, 6.07) is 8.35. The third-order valence-corrected chi connectivity index (χ3v) is 2.94. The standard InChI is InChI=1S/C15H21N3O/c1-12(2)18-11-15(10-17-18)19-8-4-6-13-5-3-7-14(16)9-13/h3,5,7,9-12H,4,6,8,16H2,1-2H3. The molecule has 0 radical (unpaired) electrons. The number of aryl methyl sites for hydroxylation is 1. The second kappa shape index (κ2) is 6.27. The molecule has 0 fully saturated rings. The van der Waals surface area contributed by atoms with Gasteiger partial charge in [0.05, 0.1) is 19.0 Å². The molecule has 0 spiro atoms. The van der Waals surface area contributed by atoms with Gasteiger partial charge in [-0.2, -0.15) is 5.10 Å². The van der Waals surface area contributed by atoms with Crippen LogP contribution in [0.15, 0.2) is 36.7 Å². The lowest BCUT2D eigenvalue weighted by molar-refractivity contribution is 0.310. The molecule has 0 aliphatic heterocycles. The first kappa shape index (κ1) is 13.5. The highest BCUT2D eigenvalue weighted by molar-refractivity contribution is 5.40. The molecule has 2 aromatic rings. The zero-order chi connectivity index (χ0) is 13.7. The van der Waals surface area contributed by atoms with E-state index in [0.717, 1.165) is 24.3 Å². The summed E-state index contributed by atoms with van der Waals surface area (Å²) in [7, 11) is 0. The molecule has 0 saturated carbocycles. The zero-order valence-electron chi connectivity index (χ0n) is 11.5. The van der Waals surface area contributed by atoms with Crippen LogP contribution in [0.4, 0.5) is 5.69 Å². The largest absolute Gasteiger partial charge is 0.490 e. The van der Waals surface area contributed by atoms with Gasteiger partial charge in [0.25, 0.3) is 0 Å². The van der Waals surface area contributed by atoms with Crippen LogP contribution >= 0.6 is 0 Å². The molecule has 0 aliphatic rings. The summed E-state index contributed by atoms with van der Waals surface area (Å²) in [4.78, 5) is 0. The minimum atomic E-state index is 0.365. The Balaban J connectivity index is 1.74. The number of ether oxygens (including phenoxy) is 1. The highest BCUT2D eigenvalue weighted by Crippen LogP contribution is 2.13. The van der Waals surface area contributed by atoms with Crippen LogP contribution in [-0.4, -0.2) is 16.4 Å². The van der Waals surface area contributed by atoms with E-state index in [1.165, 1.54) is 5.56 Å². The van der Waals surface area contributed by atoms with Gasteiger partial charge in [0.15, 0.2) is 5.75 Å². The van der Waals surface area contributed by atoms with Gasteiger partial charge in [-0.15, -0.1) is 0 Å². The summed E-state index contributed by atoms with van der Waals surface area (Å²) in [6.45, 7) is 4.88. The van der Waals surface area contributed by atoms with E-state index in [4.69, 9.17) is 10.5 Å². The number of nitrogen functional groups attached to an aromatic ring is 1. The number of aromatic nitrogens is 2. The smallest absolute Gasteiger partial charge is 0.157 e. The van der Waals surface area contributed by atoms with Gasteiger partial charge in [-0.1, -0.05) is 12.1 Å². The maximum atomic E-state index is 5.74. The molecule has 0 bridgehead atoms. The number of anilines is 1. The highest BCUT2D eigenvalue weighted by atomic mass is 16.5. The monoisotopic (exact) mass is 259 g/mol. The van der Waals surface area contributed by atoms with Crippen molar-refractivity contribution in [2.24, 2.45) is 0 Å². The number of hydrogen-bond acceptors (Lipinski definition) is 3. The van der Waals surface area contributed by atoms with E-state index in [0.29, 0.717) is 12.6 Å². The van der Waals surface area contributed by atoms with E-state index >= 15 is 0 Å². The topological polar surface area (TPSA) is 53.1 Å². The van der Waals surface area contributed by atoms with Gasteiger partial charge in [0.2, 0.25) is 0 Å². The molecule has 0 aliphatic carbocycles. The Bertz CT molecular complexity index is 520. The molecule has 0 saturated heterocycles. The molecule has 1 heterocycles. The Morgan fingerprint density at radius 3 is 2.89 bits per heavy atom. The Morgan fingerprint density at radius 2 is 2.21 bits per heavy atom. The third-order valence-electron chi connectivity index (χ3n) is 2.94. The van der Waals surface area contributed by atoms with Gasteiger partial charge in [0.1, 0.15) is 0 Å². The predicted octanol–water partition coefficient (Wildman–Crippen LogP) is 3.06. The van der Waals surface area contributed by atoms with E-state index in [2.05, 4.69) is 25.0 Å². The average Bonchev–Trinajstić information content (AvgIpc) is 2.84. The van der Waals surface area contributed by atoms with Crippen LogP contribution in [0.25, 0.3) is 0 Å². The van der Waals surface area contributed by atoms with Crippen LogP contribution in [0.1, 0.15) is 31.9 Å². The van der Waals surface area contributed by atoms with Crippen molar-refractivity contribution in [1.29, 1.82) is 0 Å². The van der Waals surface area contributed by atoms with Gasteiger partial charge < -0.3 is 10.5 Å². The van der Waals surface area contributed by atoms with Gasteiger partial charge in [0, 0.05) is 11.7 Å². The SMILES string of the molecule is CC(C)n1cc(OCCCc2cccc(N)c2)cn1. The first-order chi connectivity index (χ1) is 9.15. The van der Waals surface area contributed by atoms with Crippen LogP contribution in [0.3, 0.4) is 0 Å². The second-order valence-corrected chi connectivity index (χ2v) is 4.95. The van der Waals surface area contributed by atoms with Gasteiger partial charge in [-0.25, -0.2) is 0 Å². The summed E-state index contributed by atoms with van der Waals surface area (Å²) in [6.07, 6.45) is 5.64. The fourth-order valence-electron chi connectivity index (χ4n) is 1.89. The average molecular weight is 259 g/mol. The van der Waals surface area contributed by atoms with Crippen molar-refractivity contribution in [1.82, 2.24) is 9.78 Å². The van der Waals surface area contributed by atoms with E-state index < -0.39 is 0 Å². The number of rotatable bonds is 6. The van der Waals surface area contributed by atoms with E-state index in [1.54, 1.807) is 6.20 Å². The molecule has 0 amide bonds. The van der Waals surface area contributed by atoms with E-state index in [-0.39, 0.29) is 0 Å². The van der Waals surface area contributed by atoms with Crippen molar-refractivity contribution in [3.63, 3.8) is 0 Å². The molecule has 0 unspecified atom stereocenters.